The Morgan fingerprint density at radius 1 is 0.409 bits per heavy atom. The Bertz CT molecular complexity index is 1630. The van der Waals surface area contributed by atoms with Gasteiger partial charge in [-0.15, -0.1) is 0 Å². The standard InChI is InChI=1S/C24H37NO10.C20H29NO10/c1-3-32-23(26)18-25(19-24(27)33-4-2)20-5-6-21-22(17-20)35-16-14-31-12-10-29-8-7-28-9-11-30-13-15-34-21;22-19(23)14-21(15-20(24)25)16-1-2-17-18(13-16)31-12-10-29-8-6-27-4-3-26-5-7-28-9-11-30-17/h5-6,17H,3-4,7-16,18-19H2,1-2H3;1-2,13H,3-12,14-15H2,(H,22,23)(H,24,25). The molecule has 2 aromatic carbocycles. The average molecular weight is 943 g/mol. The van der Waals surface area contributed by atoms with E-state index in [0.29, 0.717) is 147 Å². The Labute approximate surface area is 385 Å². The van der Waals surface area contributed by atoms with Crippen molar-refractivity contribution in [3.63, 3.8) is 0 Å². The fraction of sp³-hybridized carbons (Fsp3) is 0.636. The molecule has 4 rings (SSSR count). The van der Waals surface area contributed by atoms with Crippen molar-refractivity contribution in [2.45, 2.75) is 13.8 Å². The van der Waals surface area contributed by atoms with Crippen LogP contribution < -0.4 is 28.7 Å². The summed E-state index contributed by atoms with van der Waals surface area (Å²) in [5, 5.41) is 18.2. The van der Waals surface area contributed by atoms with Crippen LogP contribution in [0.4, 0.5) is 11.4 Å². The van der Waals surface area contributed by atoms with Gasteiger partial charge in [-0.25, -0.2) is 0 Å². The first-order valence-corrected chi connectivity index (χ1v) is 21.9. The topological polar surface area (TPSA) is 244 Å². The molecule has 0 radical (unpaired) electrons. The zero-order valence-electron chi connectivity index (χ0n) is 38.0. The molecule has 0 bridgehead atoms. The fourth-order valence-electron chi connectivity index (χ4n) is 5.75. The highest BCUT2D eigenvalue weighted by Gasteiger charge is 2.20. The molecule has 372 valence electrons. The molecule has 0 saturated heterocycles. The van der Waals surface area contributed by atoms with Crippen molar-refractivity contribution in [3.8, 4) is 23.0 Å². The maximum Gasteiger partial charge on any atom is 0.325 e. The van der Waals surface area contributed by atoms with Crippen molar-refractivity contribution >= 4 is 35.3 Å². The van der Waals surface area contributed by atoms with E-state index in [1.54, 1.807) is 55.1 Å². The van der Waals surface area contributed by atoms with Gasteiger partial charge in [-0.1, -0.05) is 0 Å². The zero-order chi connectivity index (χ0) is 47.5. The molecule has 0 unspecified atom stereocenters. The average Bonchev–Trinajstić information content (AvgIpc) is 3.28. The quantitative estimate of drug-likeness (QED) is 0.289. The highest BCUT2D eigenvalue weighted by atomic mass is 16.6. The number of esters is 2. The molecular formula is C44H66N2O20. The van der Waals surface area contributed by atoms with Gasteiger partial charge in [0.1, 0.15) is 52.6 Å². The molecule has 66 heavy (non-hydrogen) atoms. The van der Waals surface area contributed by atoms with E-state index in [2.05, 4.69) is 0 Å². The molecule has 0 saturated carbocycles. The Morgan fingerprint density at radius 2 is 0.667 bits per heavy atom. The van der Waals surface area contributed by atoms with E-state index in [-0.39, 0.29) is 46.1 Å². The fourth-order valence-corrected chi connectivity index (χ4v) is 5.75. The lowest BCUT2D eigenvalue weighted by Crippen LogP contribution is -2.36. The van der Waals surface area contributed by atoms with Crippen LogP contribution in [0.15, 0.2) is 36.4 Å². The van der Waals surface area contributed by atoms with Crippen LogP contribution in [0.1, 0.15) is 13.8 Å². The van der Waals surface area contributed by atoms with E-state index in [0.717, 1.165) is 0 Å². The summed E-state index contributed by atoms with van der Waals surface area (Å²) in [6.07, 6.45) is 0. The van der Waals surface area contributed by atoms with E-state index in [9.17, 15) is 19.2 Å². The number of fused-ring (bicyclic) bond motifs is 2. The van der Waals surface area contributed by atoms with E-state index < -0.39 is 37.0 Å². The van der Waals surface area contributed by atoms with Crippen molar-refractivity contribution < 1.29 is 95.7 Å². The van der Waals surface area contributed by atoms with Gasteiger partial charge in [-0.05, 0) is 38.1 Å². The third-order valence-corrected chi connectivity index (χ3v) is 8.66. The Morgan fingerprint density at radius 3 is 0.939 bits per heavy atom. The molecule has 0 fully saturated rings. The summed E-state index contributed by atoms with van der Waals surface area (Å²) in [6, 6.07) is 9.93. The van der Waals surface area contributed by atoms with Crippen molar-refractivity contribution in [3.05, 3.63) is 36.4 Å². The van der Waals surface area contributed by atoms with Crippen molar-refractivity contribution in [1.82, 2.24) is 0 Å². The number of hydrogen-bond donors (Lipinski definition) is 2. The highest BCUT2D eigenvalue weighted by Crippen LogP contribution is 2.33. The molecule has 0 atom stereocenters. The van der Waals surface area contributed by atoms with Crippen LogP contribution >= 0.6 is 0 Å². The minimum atomic E-state index is -1.14. The second kappa shape index (κ2) is 35.1. The van der Waals surface area contributed by atoms with Gasteiger partial charge in [0.2, 0.25) is 0 Å². The van der Waals surface area contributed by atoms with Crippen LogP contribution in [0.25, 0.3) is 0 Å². The van der Waals surface area contributed by atoms with Crippen LogP contribution in [0.2, 0.25) is 0 Å². The van der Waals surface area contributed by atoms with E-state index in [1.165, 1.54) is 4.90 Å². The van der Waals surface area contributed by atoms with Crippen LogP contribution in [0.5, 0.6) is 23.0 Å². The van der Waals surface area contributed by atoms with E-state index >= 15 is 0 Å². The monoisotopic (exact) mass is 942 g/mol. The summed E-state index contributed by atoms with van der Waals surface area (Å²) in [5.74, 6) is -1.46. The van der Waals surface area contributed by atoms with Crippen LogP contribution in [0, 0.1) is 0 Å². The molecular weight excluding hydrogens is 876 g/mol. The molecule has 2 aliphatic heterocycles. The lowest BCUT2D eigenvalue weighted by atomic mass is 10.2. The molecule has 0 spiro atoms. The summed E-state index contributed by atoms with van der Waals surface area (Å²) < 4.78 is 77.0. The maximum absolute atomic E-state index is 12.1. The lowest BCUT2D eigenvalue weighted by Gasteiger charge is -2.24. The number of carbonyl (C=O) groups is 4. The number of carboxylic acid groups (broad SMARTS) is 2. The number of benzene rings is 2. The number of carboxylic acids is 2. The number of aliphatic carboxylic acids is 2. The number of anilines is 2. The summed E-state index contributed by atoms with van der Waals surface area (Å²) in [7, 11) is 0. The number of hydrogen-bond acceptors (Lipinski definition) is 20. The number of ether oxygens (including phenoxy) is 14. The molecule has 22 heteroatoms. The smallest absolute Gasteiger partial charge is 0.325 e. The molecule has 0 aromatic heterocycles. The van der Waals surface area contributed by atoms with Crippen LogP contribution in [-0.2, 0) is 66.5 Å². The minimum Gasteiger partial charge on any atom is -0.487 e. The molecule has 22 nitrogen and oxygen atoms in total. The predicted octanol–water partition coefficient (Wildman–Crippen LogP) is 1.96. The van der Waals surface area contributed by atoms with Gasteiger partial charge in [0, 0.05) is 23.5 Å². The normalized spacial score (nSPS) is 16.8. The largest absolute Gasteiger partial charge is 0.487 e. The van der Waals surface area contributed by atoms with E-state index in [4.69, 9.17) is 76.5 Å². The third kappa shape index (κ3) is 24.9. The lowest BCUT2D eigenvalue weighted by molar-refractivity contribution is -0.143. The first-order chi connectivity index (χ1) is 32.2. The van der Waals surface area contributed by atoms with Gasteiger partial charge in [0.15, 0.2) is 23.0 Å². The molecule has 0 aliphatic carbocycles. The molecule has 2 aliphatic rings. The van der Waals surface area contributed by atoms with Crippen molar-refractivity contribution in [1.29, 1.82) is 0 Å². The predicted molar refractivity (Wildman–Crippen MR) is 234 cm³/mol. The van der Waals surface area contributed by atoms with E-state index in [1.807, 2.05) is 0 Å². The zero-order valence-corrected chi connectivity index (χ0v) is 38.0. The summed E-state index contributed by atoms with van der Waals surface area (Å²) in [5.41, 5.74) is 0.968. The van der Waals surface area contributed by atoms with Crippen molar-refractivity contribution in [2.24, 2.45) is 0 Å². The molecule has 2 heterocycles. The summed E-state index contributed by atoms with van der Waals surface area (Å²) in [4.78, 5) is 49.3. The van der Waals surface area contributed by atoms with Crippen LogP contribution in [0.3, 0.4) is 0 Å². The first-order valence-electron chi connectivity index (χ1n) is 21.9. The van der Waals surface area contributed by atoms with Crippen molar-refractivity contribution in [2.75, 3.05) is 181 Å². The highest BCUT2D eigenvalue weighted by molar-refractivity contribution is 5.82. The Kier molecular flexibility index (Phi) is 29.3. The van der Waals surface area contributed by atoms with Gasteiger partial charge in [-0.2, -0.15) is 0 Å². The number of rotatable bonds is 12. The van der Waals surface area contributed by atoms with Gasteiger partial charge in [-0.3, -0.25) is 19.2 Å². The molecule has 0 amide bonds. The number of nitrogens with zero attached hydrogens (tertiary/aromatic N) is 2. The second-order valence-corrected chi connectivity index (χ2v) is 13.7. The second-order valence-electron chi connectivity index (χ2n) is 13.7. The summed E-state index contributed by atoms with van der Waals surface area (Å²) >= 11 is 0. The van der Waals surface area contributed by atoms with Gasteiger partial charge >= 0.3 is 23.9 Å². The van der Waals surface area contributed by atoms with Gasteiger partial charge in [0.25, 0.3) is 0 Å². The Hall–Kier alpha value is -5.20. The minimum absolute atomic E-state index is 0.120. The first kappa shape index (κ1) is 55.1. The number of carbonyl (C=O) groups excluding carboxylic acids is 2. The Balaban J connectivity index is 0.000000353. The molecule has 2 aromatic rings. The summed E-state index contributed by atoms with van der Waals surface area (Å²) in [6.45, 7) is 10.7. The van der Waals surface area contributed by atoms with Gasteiger partial charge < -0.3 is 86.3 Å². The molecule has 2 N–H and O–H groups in total. The maximum atomic E-state index is 12.1. The van der Waals surface area contributed by atoms with Crippen LogP contribution in [-0.4, -0.2) is 206 Å². The third-order valence-electron chi connectivity index (χ3n) is 8.66. The SMILES string of the molecule is CCOC(=O)CN(CC(=O)OCC)c1ccc2c(c1)OCCOCCOCCOCCOCCO2.O=C(O)CN(CC(=O)O)c1ccc2c(c1)OCCOCCOCCOCCOCCO2. The van der Waals surface area contributed by atoms with Gasteiger partial charge in [0.05, 0.1) is 119 Å².